The number of ether oxygens (including phenoxy) is 1. The highest BCUT2D eigenvalue weighted by Crippen LogP contribution is 2.25. The van der Waals surface area contributed by atoms with Crippen LogP contribution in [0.5, 0.6) is 5.75 Å². The summed E-state index contributed by atoms with van der Waals surface area (Å²) in [6.45, 7) is 1.26. The van der Waals surface area contributed by atoms with Gasteiger partial charge in [-0.3, -0.25) is 9.59 Å². The molecule has 0 atom stereocenters. The highest BCUT2D eigenvalue weighted by molar-refractivity contribution is 7.89. The van der Waals surface area contributed by atoms with E-state index in [2.05, 4.69) is 5.32 Å². The first kappa shape index (κ1) is 20.4. The van der Waals surface area contributed by atoms with E-state index >= 15 is 0 Å². The van der Waals surface area contributed by atoms with Gasteiger partial charge in [0.05, 0.1) is 18.6 Å². The third-order valence-electron chi connectivity index (χ3n) is 5.44. The van der Waals surface area contributed by atoms with E-state index in [0.717, 1.165) is 22.0 Å². The summed E-state index contributed by atoms with van der Waals surface area (Å²) in [6, 6.07) is 11.9. The van der Waals surface area contributed by atoms with Crippen molar-refractivity contribution in [2.45, 2.75) is 17.9 Å². The Morgan fingerprint density at radius 2 is 1.90 bits per heavy atom. The van der Waals surface area contributed by atoms with Crippen molar-refractivity contribution in [2.24, 2.45) is 0 Å². The fraction of sp³-hybridized carbons (Fsp3) is 0.333. The number of fused-ring (bicyclic) bond motifs is 1. The lowest BCUT2D eigenvalue weighted by Gasteiger charge is -2.29. The molecular weight excluding hydrogens is 406 g/mol. The van der Waals surface area contributed by atoms with Crippen molar-refractivity contribution in [2.75, 3.05) is 33.3 Å². The molecule has 2 amide bonds. The first-order valence-electron chi connectivity index (χ1n) is 9.70. The van der Waals surface area contributed by atoms with Crippen molar-refractivity contribution < 1.29 is 22.7 Å². The third-order valence-corrected chi connectivity index (χ3v) is 7.28. The first-order chi connectivity index (χ1) is 14.4. The second-order valence-electron chi connectivity index (χ2n) is 7.33. The zero-order valence-corrected chi connectivity index (χ0v) is 17.4. The van der Waals surface area contributed by atoms with Crippen molar-refractivity contribution in [3.63, 3.8) is 0 Å². The number of nitrogens with one attached hydrogen (secondary N) is 1. The highest BCUT2D eigenvalue weighted by atomic mass is 32.2. The molecule has 2 aromatic carbocycles. The minimum atomic E-state index is -3.85. The van der Waals surface area contributed by atoms with Crippen LogP contribution in [0.2, 0.25) is 0 Å². The van der Waals surface area contributed by atoms with Gasteiger partial charge in [-0.2, -0.15) is 4.31 Å². The van der Waals surface area contributed by atoms with Gasteiger partial charge in [-0.15, -0.1) is 0 Å². The van der Waals surface area contributed by atoms with Gasteiger partial charge in [0.1, 0.15) is 5.75 Å². The number of hydrogen-bond acceptors (Lipinski definition) is 5. The van der Waals surface area contributed by atoms with E-state index in [9.17, 15) is 18.0 Å². The van der Waals surface area contributed by atoms with Gasteiger partial charge < -0.3 is 15.0 Å². The Hall–Kier alpha value is -2.91. The lowest BCUT2D eigenvalue weighted by Crippen LogP contribution is -2.49. The number of sulfonamides is 1. The number of nitrogens with zero attached hydrogens (tertiary/aromatic N) is 2. The van der Waals surface area contributed by atoms with Crippen LogP contribution in [0.15, 0.2) is 47.4 Å². The lowest BCUT2D eigenvalue weighted by atomic mass is 9.99. The van der Waals surface area contributed by atoms with E-state index in [1.165, 1.54) is 17.7 Å². The molecule has 0 unspecified atom stereocenters. The maximum Gasteiger partial charge on any atom is 0.254 e. The molecule has 0 aromatic heterocycles. The molecule has 9 heteroatoms. The van der Waals surface area contributed by atoms with E-state index in [-0.39, 0.29) is 36.3 Å². The first-order valence-corrected chi connectivity index (χ1v) is 11.1. The summed E-state index contributed by atoms with van der Waals surface area (Å²) in [4.78, 5) is 26.4. The molecule has 2 aliphatic heterocycles. The maximum atomic E-state index is 13.1. The Labute approximate surface area is 175 Å². The van der Waals surface area contributed by atoms with Gasteiger partial charge in [0.2, 0.25) is 15.9 Å². The fourth-order valence-corrected chi connectivity index (χ4v) is 5.22. The summed E-state index contributed by atoms with van der Waals surface area (Å²) in [5, 5.41) is 2.61. The molecule has 0 radical (unpaired) electrons. The van der Waals surface area contributed by atoms with Gasteiger partial charge in [-0.1, -0.05) is 12.1 Å². The van der Waals surface area contributed by atoms with E-state index in [1.807, 2.05) is 18.2 Å². The zero-order chi connectivity index (χ0) is 21.3. The molecule has 2 aliphatic rings. The smallest absolute Gasteiger partial charge is 0.254 e. The SMILES string of the molecule is COc1ccc2c(c1)CN(C(=O)c1cccc(S(=O)(=O)N3CCNC(=O)C3)c1)CC2. The fourth-order valence-electron chi connectivity index (χ4n) is 3.78. The summed E-state index contributed by atoms with van der Waals surface area (Å²) in [5.41, 5.74) is 2.51. The van der Waals surface area contributed by atoms with Crippen molar-refractivity contribution in [1.82, 2.24) is 14.5 Å². The van der Waals surface area contributed by atoms with Crippen molar-refractivity contribution in [3.05, 3.63) is 59.2 Å². The summed E-state index contributed by atoms with van der Waals surface area (Å²) in [5.74, 6) is 0.179. The van der Waals surface area contributed by atoms with Gasteiger partial charge in [-0.25, -0.2) is 8.42 Å². The number of piperazine rings is 1. The van der Waals surface area contributed by atoms with Crippen LogP contribution in [0.25, 0.3) is 0 Å². The number of methoxy groups -OCH3 is 1. The molecule has 0 spiro atoms. The predicted octanol–water partition coefficient (Wildman–Crippen LogP) is 1.01. The Morgan fingerprint density at radius 1 is 1.07 bits per heavy atom. The number of benzene rings is 2. The molecule has 0 saturated carbocycles. The third kappa shape index (κ3) is 3.90. The summed E-state index contributed by atoms with van der Waals surface area (Å²) in [7, 11) is -2.25. The van der Waals surface area contributed by atoms with Crippen LogP contribution in [-0.2, 0) is 27.8 Å². The van der Waals surface area contributed by atoms with Crippen LogP contribution in [0.1, 0.15) is 21.5 Å². The van der Waals surface area contributed by atoms with Crippen LogP contribution >= 0.6 is 0 Å². The standard InChI is InChI=1S/C21H23N3O5S/c1-29-18-6-5-15-7-9-23(13-17(15)11-18)21(26)16-3-2-4-19(12-16)30(27,28)24-10-8-22-20(25)14-24/h2-6,11-12H,7-10,13-14H2,1H3,(H,22,25). The summed E-state index contributed by atoms with van der Waals surface area (Å²) in [6.07, 6.45) is 0.728. The van der Waals surface area contributed by atoms with Crippen LogP contribution in [0.3, 0.4) is 0 Å². The van der Waals surface area contributed by atoms with Crippen molar-refractivity contribution >= 4 is 21.8 Å². The van der Waals surface area contributed by atoms with Crippen molar-refractivity contribution in [3.8, 4) is 5.75 Å². The van der Waals surface area contributed by atoms with Gasteiger partial charge in [0.15, 0.2) is 0 Å². The van der Waals surface area contributed by atoms with Gasteiger partial charge in [0.25, 0.3) is 5.91 Å². The second kappa shape index (κ2) is 8.08. The average molecular weight is 429 g/mol. The lowest BCUT2D eigenvalue weighted by molar-refractivity contribution is -0.122. The van der Waals surface area contributed by atoms with E-state index < -0.39 is 10.0 Å². The molecule has 0 aliphatic carbocycles. The molecule has 0 bridgehead atoms. The topological polar surface area (TPSA) is 96.0 Å². The number of amides is 2. The molecular formula is C21H23N3O5S. The molecule has 2 aromatic rings. The number of carbonyl (C=O) groups excluding carboxylic acids is 2. The molecule has 1 N–H and O–H groups in total. The molecule has 158 valence electrons. The van der Waals surface area contributed by atoms with E-state index in [0.29, 0.717) is 18.7 Å². The van der Waals surface area contributed by atoms with Gasteiger partial charge >= 0.3 is 0 Å². The Balaban J connectivity index is 1.56. The summed E-state index contributed by atoms with van der Waals surface area (Å²) < 4.78 is 32.3. The summed E-state index contributed by atoms with van der Waals surface area (Å²) >= 11 is 0. The highest BCUT2D eigenvalue weighted by Gasteiger charge is 2.30. The van der Waals surface area contributed by atoms with E-state index in [4.69, 9.17) is 4.74 Å². The molecule has 2 heterocycles. The Bertz CT molecular complexity index is 1100. The van der Waals surface area contributed by atoms with Crippen LogP contribution in [-0.4, -0.2) is 62.7 Å². The van der Waals surface area contributed by atoms with Crippen LogP contribution in [0.4, 0.5) is 0 Å². The van der Waals surface area contributed by atoms with Crippen molar-refractivity contribution in [1.29, 1.82) is 0 Å². The Kier molecular flexibility index (Phi) is 5.48. The van der Waals surface area contributed by atoms with Crippen LogP contribution in [0, 0.1) is 0 Å². The second-order valence-corrected chi connectivity index (χ2v) is 9.27. The number of hydrogen-bond donors (Lipinski definition) is 1. The minimum Gasteiger partial charge on any atom is -0.497 e. The molecule has 30 heavy (non-hydrogen) atoms. The van der Waals surface area contributed by atoms with Crippen LogP contribution < -0.4 is 10.1 Å². The van der Waals surface area contributed by atoms with Gasteiger partial charge in [-0.05, 0) is 47.9 Å². The average Bonchev–Trinajstić information content (AvgIpc) is 2.78. The van der Waals surface area contributed by atoms with Gasteiger partial charge in [0, 0.05) is 31.7 Å². The molecule has 1 saturated heterocycles. The number of rotatable bonds is 4. The monoisotopic (exact) mass is 429 g/mol. The maximum absolute atomic E-state index is 13.1. The Morgan fingerprint density at radius 3 is 2.67 bits per heavy atom. The minimum absolute atomic E-state index is 0.0159. The predicted molar refractivity (Wildman–Crippen MR) is 110 cm³/mol. The molecule has 1 fully saturated rings. The zero-order valence-electron chi connectivity index (χ0n) is 16.6. The largest absolute Gasteiger partial charge is 0.497 e. The molecule has 4 rings (SSSR count). The van der Waals surface area contributed by atoms with E-state index in [1.54, 1.807) is 24.1 Å². The normalized spacial score (nSPS) is 17.2. The molecule has 8 nitrogen and oxygen atoms in total. The quantitative estimate of drug-likeness (QED) is 0.783. The number of carbonyl (C=O) groups is 2.